The van der Waals surface area contributed by atoms with Gasteiger partial charge >= 0.3 is 0 Å². The fourth-order valence-electron chi connectivity index (χ4n) is 0.718. The number of rotatable bonds is 1. The zero-order valence-corrected chi connectivity index (χ0v) is 7.32. The fraction of sp³-hybridized carbons (Fsp3) is 0.143. The zero-order chi connectivity index (χ0) is 7.56. The highest BCUT2D eigenvalue weighted by Crippen LogP contribution is 2.19. The van der Waals surface area contributed by atoms with Crippen LogP contribution < -0.4 is 5.73 Å². The molecule has 0 aromatic heterocycles. The van der Waals surface area contributed by atoms with Gasteiger partial charge in [-0.3, -0.25) is 0 Å². The lowest BCUT2D eigenvalue weighted by Crippen LogP contribution is -1.96. The molecule has 0 aliphatic carbocycles. The van der Waals surface area contributed by atoms with Gasteiger partial charge in [-0.25, -0.2) is 0 Å². The van der Waals surface area contributed by atoms with Crippen molar-refractivity contribution in [2.24, 2.45) is 5.73 Å². The largest absolute Gasteiger partial charge is 0.508 e. The Morgan fingerprint density at radius 1 is 1.45 bits per heavy atom. The second-order valence-corrected chi connectivity index (χ2v) is 2.39. The fourth-order valence-corrected chi connectivity index (χ4v) is 0.912. The molecule has 11 heavy (non-hydrogen) atoms. The van der Waals surface area contributed by atoms with E-state index in [-0.39, 0.29) is 18.2 Å². The molecule has 0 amide bonds. The van der Waals surface area contributed by atoms with Gasteiger partial charge in [0.15, 0.2) is 0 Å². The molecule has 0 aliphatic heterocycles. The van der Waals surface area contributed by atoms with Crippen molar-refractivity contribution in [2.45, 2.75) is 6.54 Å². The van der Waals surface area contributed by atoms with Crippen molar-refractivity contribution in [3.05, 3.63) is 28.8 Å². The predicted octanol–water partition coefficient (Wildman–Crippen LogP) is 1.93. The van der Waals surface area contributed by atoms with E-state index in [2.05, 4.69) is 0 Å². The molecule has 4 heteroatoms. The average Bonchev–Trinajstić information content (AvgIpc) is 1.94. The highest BCUT2D eigenvalue weighted by atomic mass is 35.5. The lowest BCUT2D eigenvalue weighted by atomic mass is 10.2. The molecule has 0 saturated carbocycles. The van der Waals surface area contributed by atoms with E-state index >= 15 is 0 Å². The molecule has 62 valence electrons. The van der Waals surface area contributed by atoms with Crippen LogP contribution in [-0.2, 0) is 6.54 Å². The maximum absolute atomic E-state index is 8.95. The van der Waals surface area contributed by atoms with E-state index in [9.17, 15) is 0 Å². The summed E-state index contributed by atoms with van der Waals surface area (Å²) in [6.45, 7) is 0.354. The Bertz CT molecular complexity index is 240. The first kappa shape index (κ1) is 10.6. The molecule has 3 N–H and O–H groups in total. The van der Waals surface area contributed by atoms with Gasteiger partial charge in [-0.2, -0.15) is 0 Å². The summed E-state index contributed by atoms with van der Waals surface area (Å²) in [4.78, 5) is 0. The van der Waals surface area contributed by atoms with Gasteiger partial charge in [-0.1, -0.05) is 11.6 Å². The van der Waals surface area contributed by atoms with E-state index < -0.39 is 0 Å². The van der Waals surface area contributed by atoms with Crippen molar-refractivity contribution in [1.82, 2.24) is 0 Å². The zero-order valence-electron chi connectivity index (χ0n) is 5.75. The highest BCUT2D eigenvalue weighted by molar-refractivity contribution is 6.31. The minimum absolute atomic E-state index is 0. The van der Waals surface area contributed by atoms with E-state index in [1.165, 1.54) is 6.07 Å². The van der Waals surface area contributed by atoms with Crippen LogP contribution in [-0.4, -0.2) is 5.11 Å². The van der Waals surface area contributed by atoms with Crippen molar-refractivity contribution in [1.29, 1.82) is 0 Å². The molecule has 0 aliphatic rings. The van der Waals surface area contributed by atoms with E-state index in [0.717, 1.165) is 5.56 Å². The number of phenolic OH excluding ortho intramolecular Hbond substituents is 1. The maximum atomic E-state index is 8.95. The topological polar surface area (TPSA) is 46.2 Å². The Morgan fingerprint density at radius 2 is 2.09 bits per heavy atom. The molecular weight excluding hydrogens is 185 g/mol. The first-order valence-corrected chi connectivity index (χ1v) is 3.29. The molecule has 1 aromatic carbocycles. The van der Waals surface area contributed by atoms with Crippen molar-refractivity contribution in [3.8, 4) is 5.75 Å². The third-order valence-electron chi connectivity index (χ3n) is 1.25. The van der Waals surface area contributed by atoms with Crippen LogP contribution >= 0.6 is 24.0 Å². The third-order valence-corrected chi connectivity index (χ3v) is 1.62. The number of aromatic hydroxyl groups is 1. The number of phenols is 1. The Labute approximate surface area is 76.4 Å². The quantitative estimate of drug-likeness (QED) is 0.717. The van der Waals surface area contributed by atoms with Crippen LogP contribution in [0.1, 0.15) is 5.56 Å². The van der Waals surface area contributed by atoms with Crippen molar-refractivity contribution in [3.63, 3.8) is 0 Å². The minimum atomic E-state index is 0. The lowest BCUT2D eigenvalue weighted by molar-refractivity contribution is 0.474. The van der Waals surface area contributed by atoms with E-state index in [0.29, 0.717) is 11.6 Å². The summed E-state index contributed by atoms with van der Waals surface area (Å²) in [5, 5.41) is 9.55. The van der Waals surface area contributed by atoms with Crippen LogP contribution in [0.25, 0.3) is 0 Å². The van der Waals surface area contributed by atoms with Gasteiger partial charge < -0.3 is 10.8 Å². The predicted molar refractivity (Wildman–Crippen MR) is 48.3 cm³/mol. The van der Waals surface area contributed by atoms with Crippen LogP contribution in [0.15, 0.2) is 18.2 Å². The van der Waals surface area contributed by atoms with Crippen molar-refractivity contribution < 1.29 is 5.11 Å². The smallest absolute Gasteiger partial charge is 0.116 e. The summed E-state index contributed by atoms with van der Waals surface area (Å²) < 4.78 is 0. The summed E-state index contributed by atoms with van der Waals surface area (Å²) in [6.07, 6.45) is 0. The Kier molecular flexibility index (Phi) is 4.26. The molecule has 0 radical (unpaired) electrons. The van der Waals surface area contributed by atoms with Gasteiger partial charge in [0, 0.05) is 11.6 Å². The summed E-state index contributed by atoms with van der Waals surface area (Å²) in [5.41, 5.74) is 6.09. The van der Waals surface area contributed by atoms with Crippen molar-refractivity contribution >= 4 is 24.0 Å². The van der Waals surface area contributed by atoms with E-state index in [1.54, 1.807) is 12.1 Å². The summed E-state index contributed by atoms with van der Waals surface area (Å²) in [5.74, 6) is 0.199. The molecule has 1 rings (SSSR count). The van der Waals surface area contributed by atoms with Crippen molar-refractivity contribution in [2.75, 3.05) is 0 Å². The van der Waals surface area contributed by atoms with Crippen LogP contribution in [0.4, 0.5) is 0 Å². The van der Waals surface area contributed by atoms with E-state index in [1.807, 2.05) is 0 Å². The number of hydrogen-bond donors (Lipinski definition) is 2. The third kappa shape index (κ3) is 2.58. The molecule has 2 nitrogen and oxygen atoms in total. The Morgan fingerprint density at radius 3 is 2.55 bits per heavy atom. The van der Waals surface area contributed by atoms with Gasteiger partial charge in [0.1, 0.15) is 5.75 Å². The molecule has 0 atom stereocenters. The maximum Gasteiger partial charge on any atom is 0.116 e. The van der Waals surface area contributed by atoms with Gasteiger partial charge in [-0.05, 0) is 23.8 Å². The van der Waals surface area contributed by atoms with Crippen LogP contribution in [0.3, 0.4) is 0 Å². The molecule has 0 fully saturated rings. The van der Waals surface area contributed by atoms with E-state index in [4.69, 9.17) is 22.4 Å². The number of benzene rings is 1. The van der Waals surface area contributed by atoms with Crippen LogP contribution in [0.2, 0.25) is 5.02 Å². The molecule has 1 aromatic rings. The molecular formula is C7H9Cl2NO. The first-order valence-electron chi connectivity index (χ1n) is 2.91. The lowest BCUT2D eigenvalue weighted by Gasteiger charge is -1.99. The number of halogens is 2. The van der Waals surface area contributed by atoms with Gasteiger partial charge in [0.2, 0.25) is 0 Å². The molecule has 0 heterocycles. The van der Waals surface area contributed by atoms with Gasteiger partial charge in [0.05, 0.1) is 0 Å². The molecule has 0 saturated heterocycles. The second kappa shape index (κ2) is 4.44. The minimum Gasteiger partial charge on any atom is -0.508 e. The average molecular weight is 194 g/mol. The number of hydrogen-bond acceptors (Lipinski definition) is 2. The normalized spacial score (nSPS) is 8.91. The first-order chi connectivity index (χ1) is 4.74. The standard InChI is InChI=1S/C7H8ClNO.ClH/c8-7-2-1-6(10)3-5(7)4-9;/h1-3,10H,4,9H2;1H. The van der Waals surface area contributed by atoms with Crippen LogP contribution in [0.5, 0.6) is 5.75 Å². The molecule has 0 bridgehead atoms. The van der Waals surface area contributed by atoms with Gasteiger partial charge in [-0.15, -0.1) is 12.4 Å². The highest BCUT2D eigenvalue weighted by Gasteiger charge is 1.97. The number of nitrogens with two attached hydrogens (primary N) is 1. The van der Waals surface area contributed by atoms with Crippen LogP contribution in [0, 0.1) is 0 Å². The Balaban J connectivity index is 0.000001000. The summed E-state index contributed by atoms with van der Waals surface area (Å²) >= 11 is 5.71. The Hall–Kier alpha value is -0.440. The summed E-state index contributed by atoms with van der Waals surface area (Å²) in [7, 11) is 0. The SMILES string of the molecule is Cl.NCc1cc(O)ccc1Cl. The molecule has 0 spiro atoms. The molecule has 0 unspecified atom stereocenters. The summed E-state index contributed by atoms with van der Waals surface area (Å²) in [6, 6.07) is 4.71. The monoisotopic (exact) mass is 193 g/mol. The van der Waals surface area contributed by atoms with Gasteiger partial charge in [0.25, 0.3) is 0 Å². The second-order valence-electron chi connectivity index (χ2n) is 1.98.